The molecule has 100 valence electrons. The maximum absolute atomic E-state index is 10.5. The molecule has 0 fully saturated rings. The van der Waals surface area contributed by atoms with E-state index in [9.17, 15) is 4.79 Å². The summed E-state index contributed by atoms with van der Waals surface area (Å²) < 4.78 is 7.36. The zero-order valence-corrected chi connectivity index (χ0v) is 10.7. The van der Waals surface area contributed by atoms with Crippen molar-refractivity contribution in [2.45, 2.75) is 13.5 Å². The Morgan fingerprint density at radius 1 is 1.47 bits per heavy atom. The number of carboxylic acid groups (broad SMARTS) is 1. The molecule has 1 aromatic heterocycles. The Balaban J connectivity index is 2.23. The third kappa shape index (κ3) is 3.13. The first-order chi connectivity index (χ1) is 9.22. The van der Waals surface area contributed by atoms with Gasteiger partial charge in [-0.3, -0.25) is 4.99 Å². The van der Waals surface area contributed by atoms with Crippen LogP contribution in [0.4, 0.5) is 0 Å². The lowest BCUT2D eigenvalue weighted by molar-refractivity contribution is -0.139. The molecule has 0 amide bonds. The fourth-order valence-electron chi connectivity index (χ4n) is 1.95. The standard InChI is InChI=1S/C14H16N2O3/c1-2-15-7-9-16-8-6-11-12(16)4-3-5-13(11)19-10-14(17)18/h2-6,8H,7,9-10H2,1H3,(H,17,18). The summed E-state index contributed by atoms with van der Waals surface area (Å²) in [4.78, 5) is 14.7. The lowest BCUT2D eigenvalue weighted by atomic mass is 10.2. The number of aliphatic carboxylic acids is 1. The van der Waals surface area contributed by atoms with Crippen molar-refractivity contribution < 1.29 is 14.6 Å². The van der Waals surface area contributed by atoms with E-state index >= 15 is 0 Å². The van der Waals surface area contributed by atoms with Crippen LogP contribution in [0.15, 0.2) is 35.5 Å². The second-order valence-electron chi connectivity index (χ2n) is 4.04. The van der Waals surface area contributed by atoms with Crippen LogP contribution in [0.5, 0.6) is 5.75 Å². The number of aromatic nitrogens is 1. The predicted octanol–water partition coefficient (Wildman–Crippen LogP) is 2.20. The molecule has 0 bridgehead atoms. The van der Waals surface area contributed by atoms with E-state index in [2.05, 4.69) is 9.56 Å². The van der Waals surface area contributed by atoms with Gasteiger partial charge in [0, 0.05) is 18.1 Å². The summed E-state index contributed by atoms with van der Waals surface area (Å²) in [7, 11) is 0. The van der Waals surface area contributed by atoms with E-state index in [1.807, 2.05) is 31.3 Å². The van der Waals surface area contributed by atoms with Crippen LogP contribution in [-0.4, -0.2) is 35.0 Å². The number of rotatable bonds is 6. The van der Waals surface area contributed by atoms with Crippen LogP contribution in [0.2, 0.25) is 0 Å². The topological polar surface area (TPSA) is 63.8 Å². The number of carbonyl (C=O) groups is 1. The maximum Gasteiger partial charge on any atom is 0.341 e. The minimum absolute atomic E-state index is 0.329. The second-order valence-corrected chi connectivity index (χ2v) is 4.04. The Morgan fingerprint density at radius 3 is 3.05 bits per heavy atom. The van der Waals surface area contributed by atoms with Crippen LogP contribution < -0.4 is 4.74 Å². The molecule has 2 aromatic rings. The van der Waals surface area contributed by atoms with Crippen molar-refractivity contribution >= 4 is 23.1 Å². The van der Waals surface area contributed by atoms with E-state index in [0.29, 0.717) is 5.75 Å². The van der Waals surface area contributed by atoms with Crippen molar-refractivity contribution in [3.63, 3.8) is 0 Å². The van der Waals surface area contributed by atoms with Crippen LogP contribution in [0, 0.1) is 0 Å². The lowest BCUT2D eigenvalue weighted by Crippen LogP contribution is -2.09. The molecule has 0 aliphatic carbocycles. The Bertz CT molecular complexity index is 602. The third-order valence-electron chi connectivity index (χ3n) is 2.78. The highest BCUT2D eigenvalue weighted by Crippen LogP contribution is 2.26. The average Bonchev–Trinajstić information content (AvgIpc) is 2.80. The molecule has 5 heteroatoms. The second kappa shape index (κ2) is 6.04. The highest BCUT2D eigenvalue weighted by Gasteiger charge is 2.07. The van der Waals surface area contributed by atoms with Gasteiger partial charge in [0.05, 0.1) is 12.1 Å². The Labute approximate surface area is 111 Å². The van der Waals surface area contributed by atoms with Gasteiger partial charge in [-0.05, 0) is 31.3 Å². The molecule has 0 atom stereocenters. The zero-order valence-electron chi connectivity index (χ0n) is 10.7. The zero-order chi connectivity index (χ0) is 13.7. The summed E-state index contributed by atoms with van der Waals surface area (Å²) in [5.74, 6) is -0.383. The summed E-state index contributed by atoms with van der Waals surface area (Å²) in [6.45, 7) is 3.08. The summed E-state index contributed by atoms with van der Waals surface area (Å²) in [5, 5.41) is 9.57. The van der Waals surface area contributed by atoms with Crippen LogP contribution in [0.3, 0.4) is 0 Å². The number of nitrogens with zero attached hydrogens (tertiary/aromatic N) is 2. The summed E-state index contributed by atoms with van der Waals surface area (Å²) >= 11 is 0. The molecule has 2 rings (SSSR count). The normalized spacial score (nSPS) is 11.2. The van der Waals surface area contributed by atoms with Crippen LogP contribution in [0.25, 0.3) is 10.9 Å². The van der Waals surface area contributed by atoms with Gasteiger partial charge in [-0.15, -0.1) is 0 Å². The van der Waals surface area contributed by atoms with E-state index in [-0.39, 0.29) is 6.61 Å². The van der Waals surface area contributed by atoms with Gasteiger partial charge in [0.25, 0.3) is 0 Å². The van der Waals surface area contributed by atoms with Crippen molar-refractivity contribution in [3.05, 3.63) is 30.5 Å². The number of hydrogen-bond acceptors (Lipinski definition) is 3. The fraction of sp³-hybridized carbons (Fsp3) is 0.286. The minimum atomic E-state index is -0.978. The van der Waals surface area contributed by atoms with Gasteiger partial charge < -0.3 is 14.4 Å². The molecule has 1 heterocycles. The lowest BCUT2D eigenvalue weighted by Gasteiger charge is -2.06. The molecular weight excluding hydrogens is 244 g/mol. The first-order valence-electron chi connectivity index (χ1n) is 6.09. The number of aliphatic imine (C=N–C) groups is 1. The van der Waals surface area contributed by atoms with Crippen LogP contribution in [-0.2, 0) is 11.3 Å². The van der Waals surface area contributed by atoms with Gasteiger partial charge in [0.1, 0.15) is 5.75 Å². The van der Waals surface area contributed by atoms with Gasteiger partial charge >= 0.3 is 5.97 Å². The van der Waals surface area contributed by atoms with Crippen LogP contribution >= 0.6 is 0 Å². The third-order valence-corrected chi connectivity index (χ3v) is 2.78. The molecule has 1 N–H and O–H groups in total. The number of carboxylic acids is 1. The van der Waals surface area contributed by atoms with Gasteiger partial charge in [-0.1, -0.05) is 6.07 Å². The minimum Gasteiger partial charge on any atom is -0.481 e. The van der Waals surface area contributed by atoms with E-state index in [0.717, 1.165) is 24.0 Å². The van der Waals surface area contributed by atoms with E-state index in [4.69, 9.17) is 9.84 Å². The molecule has 0 aliphatic heterocycles. The number of fused-ring (bicyclic) bond motifs is 1. The quantitative estimate of drug-likeness (QED) is 0.810. The molecule has 0 radical (unpaired) electrons. The smallest absolute Gasteiger partial charge is 0.341 e. The first kappa shape index (κ1) is 13.1. The number of hydrogen-bond donors (Lipinski definition) is 1. The molecule has 0 unspecified atom stereocenters. The van der Waals surface area contributed by atoms with Crippen molar-refractivity contribution in [2.75, 3.05) is 13.2 Å². The summed E-state index contributed by atoms with van der Waals surface area (Å²) in [6.07, 6.45) is 3.75. The molecule has 5 nitrogen and oxygen atoms in total. The monoisotopic (exact) mass is 260 g/mol. The predicted molar refractivity (Wildman–Crippen MR) is 74.1 cm³/mol. The molecule has 0 aliphatic rings. The number of ether oxygens (including phenoxy) is 1. The van der Waals surface area contributed by atoms with Crippen LogP contribution in [0.1, 0.15) is 6.92 Å². The maximum atomic E-state index is 10.5. The number of benzene rings is 1. The largest absolute Gasteiger partial charge is 0.481 e. The van der Waals surface area contributed by atoms with E-state index in [1.165, 1.54) is 0 Å². The molecule has 0 saturated carbocycles. The SMILES string of the molecule is CC=NCCn1ccc2c(OCC(=O)O)cccc21. The average molecular weight is 260 g/mol. The highest BCUT2D eigenvalue weighted by atomic mass is 16.5. The summed E-state index contributed by atoms with van der Waals surface area (Å²) in [6, 6.07) is 7.56. The Morgan fingerprint density at radius 2 is 2.32 bits per heavy atom. The van der Waals surface area contributed by atoms with E-state index in [1.54, 1.807) is 12.3 Å². The van der Waals surface area contributed by atoms with Gasteiger partial charge in [0.2, 0.25) is 0 Å². The summed E-state index contributed by atoms with van der Waals surface area (Å²) in [5.41, 5.74) is 1.02. The van der Waals surface area contributed by atoms with Crippen molar-refractivity contribution in [3.8, 4) is 5.75 Å². The Hall–Kier alpha value is -2.30. The molecule has 0 spiro atoms. The van der Waals surface area contributed by atoms with Crippen molar-refractivity contribution in [1.29, 1.82) is 0 Å². The molecule has 0 saturated heterocycles. The van der Waals surface area contributed by atoms with Gasteiger partial charge in [0.15, 0.2) is 6.61 Å². The molecule has 19 heavy (non-hydrogen) atoms. The van der Waals surface area contributed by atoms with E-state index < -0.39 is 5.97 Å². The molecule has 1 aromatic carbocycles. The van der Waals surface area contributed by atoms with Crippen molar-refractivity contribution in [1.82, 2.24) is 4.57 Å². The highest BCUT2D eigenvalue weighted by molar-refractivity contribution is 5.86. The fourth-order valence-corrected chi connectivity index (χ4v) is 1.95. The van der Waals surface area contributed by atoms with Crippen molar-refractivity contribution in [2.24, 2.45) is 4.99 Å². The molecular formula is C14H16N2O3. The van der Waals surface area contributed by atoms with Gasteiger partial charge in [-0.25, -0.2) is 4.79 Å². The first-order valence-corrected chi connectivity index (χ1v) is 6.09. The Kier molecular flexibility index (Phi) is 4.18. The van der Waals surface area contributed by atoms with Gasteiger partial charge in [-0.2, -0.15) is 0 Å².